The lowest BCUT2D eigenvalue weighted by molar-refractivity contribution is -0.125. The summed E-state index contributed by atoms with van der Waals surface area (Å²) in [4.78, 5) is 24.7. The molecule has 0 saturated heterocycles. The van der Waals surface area contributed by atoms with E-state index in [0.29, 0.717) is 17.2 Å². The fraction of sp³-hybridized carbons (Fsp3) is 0.455. The van der Waals surface area contributed by atoms with E-state index in [1.54, 1.807) is 25.1 Å². The summed E-state index contributed by atoms with van der Waals surface area (Å²) in [5, 5.41) is 2.98. The van der Waals surface area contributed by atoms with Crippen LogP contribution in [0, 0.1) is 25.6 Å². The molecule has 1 aliphatic rings. The molecule has 0 radical (unpaired) electrons. The summed E-state index contributed by atoms with van der Waals surface area (Å²) < 4.78 is 20.3. The third-order valence-corrected chi connectivity index (χ3v) is 5.53. The Kier molecular flexibility index (Phi) is 6.17. The molecule has 0 spiro atoms. The predicted molar refractivity (Wildman–Crippen MR) is 105 cm³/mol. The Bertz CT molecular complexity index is 857. The van der Waals surface area contributed by atoms with Gasteiger partial charge in [0, 0.05) is 23.1 Å². The van der Waals surface area contributed by atoms with Gasteiger partial charge in [-0.25, -0.2) is 9.18 Å². The fourth-order valence-electron chi connectivity index (χ4n) is 3.94. The maximum absolute atomic E-state index is 13.2. The first kappa shape index (κ1) is 20.1. The highest BCUT2D eigenvalue weighted by Crippen LogP contribution is 2.24. The van der Waals surface area contributed by atoms with E-state index in [4.69, 9.17) is 4.74 Å². The molecule has 2 aromatic rings. The van der Waals surface area contributed by atoms with Crippen molar-refractivity contribution in [1.82, 2.24) is 9.88 Å². The minimum absolute atomic E-state index is 0.156. The number of nitrogens with one attached hydrogen (secondary N) is 1. The van der Waals surface area contributed by atoms with E-state index in [1.165, 1.54) is 18.6 Å². The standard InChI is InChI=1S/C22H27FN2O3/c1-14-6-4-5-7-20(14)24-21(26)13-28-22(27)19-12-15(2)25(16(19)3)18-10-8-17(23)9-11-18/h8-12,14,20H,4-7,13H2,1-3H3,(H,24,26). The zero-order valence-electron chi connectivity index (χ0n) is 16.6. The number of carbonyl (C=O) groups excluding carboxylic acids is 2. The summed E-state index contributed by atoms with van der Waals surface area (Å²) >= 11 is 0. The van der Waals surface area contributed by atoms with E-state index in [-0.39, 0.29) is 24.4 Å². The quantitative estimate of drug-likeness (QED) is 0.788. The van der Waals surface area contributed by atoms with Gasteiger partial charge in [-0.1, -0.05) is 19.8 Å². The van der Waals surface area contributed by atoms with Crippen LogP contribution < -0.4 is 5.32 Å². The number of aromatic nitrogens is 1. The number of benzene rings is 1. The van der Waals surface area contributed by atoms with Crippen molar-refractivity contribution in [3.05, 3.63) is 53.1 Å². The van der Waals surface area contributed by atoms with Gasteiger partial charge in [-0.3, -0.25) is 4.79 Å². The molecule has 28 heavy (non-hydrogen) atoms. The molecule has 1 aromatic heterocycles. The fourth-order valence-corrected chi connectivity index (χ4v) is 3.94. The smallest absolute Gasteiger partial charge is 0.340 e. The number of nitrogens with zero attached hydrogens (tertiary/aromatic N) is 1. The van der Waals surface area contributed by atoms with Gasteiger partial charge in [-0.05, 0) is 62.9 Å². The van der Waals surface area contributed by atoms with Crippen LogP contribution in [-0.2, 0) is 9.53 Å². The summed E-state index contributed by atoms with van der Waals surface area (Å²) in [5.41, 5.74) is 2.69. The van der Waals surface area contributed by atoms with Crippen molar-refractivity contribution in [2.24, 2.45) is 5.92 Å². The molecule has 1 N–H and O–H groups in total. The van der Waals surface area contributed by atoms with Crippen LogP contribution in [-0.4, -0.2) is 29.1 Å². The molecule has 6 heteroatoms. The lowest BCUT2D eigenvalue weighted by atomic mass is 9.86. The monoisotopic (exact) mass is 386 g/mol. The van der Waals surface area contributed by atoms with E-state index in [0.717, 1.165) is 30.6 Å². The number of hydrogen-bond acceptors (Lipinski definition) is 3. The van der Waals surface area contributed by atoms with Crippen molar-refractivity contribution >= 4 is 11.9 Å². The van der Waals surface area contributed by atoms with Crippen molar-refractivity contribution < 1.29 is 18.7 Å². The number of rotatable bonds is 5. The van der Waals surface area contributed by atoms with Crippen LogP contribution in [0.2, 0.25) is 0 Å². The highest BCUT2D eigenvalue weighted by molar-refractivity contribution is 5.93. The molecule has 1 aliphatic carbocycles. The van der Waals surface area contributed by atoms with Gasteiger partial charge < -0.3 is 14.6 Å². The molecule has 1 amide bonds. The molecular weight excluding hydrogens is 359 g/mol. The number of halogens is 1. The molecule has 1 saturated carbocycles. The highest BCUT2D eigenvalue weighted by Gasteiger charge is 2.24. The topological polar surface area (TPSA) is 60.3 Å². The average Bonchev–Trinajstić information content (AvgIpc) is 2.97. The van der Waals surface area contributed by atoms with Crippen molar-refractivity contribution in [2.75, 3.05) is 6.61 Å². The highest BCUT2D eigenvalue weighted by atomic mass is 19.1. The zero-order valence-corrected chi connectivity index (χ0v) is 16.6. The van der Waals surface area contributed by atoms with Gasteiger partial charge in [0.15, 0.2) is 6.61 Å². The summed E-state index contributed by atoms with van der Waals surface area (Å²) in [7, 11) is 0. The Labute approximate surface area is 164 Å². The molecular formula is C22H27FN2O3. The SMILES string of the molecule is Cc1cc(C(=O)OCC(=O)NC2CCCCC2C)c(C)n1-c1ccc(F)cc1. The first-order chi connectivity index (χ1) is 13.4. The normalized spacial score (nSPS) is 19.3. The minimum atomic E-state index is -0.534. The Morgan fingerprint density at radius 1 is 1.18 bits per heavy atom. The van der Waals surface area contributed by atoms with Crippen LogP contribution in [0.25, 0.3) is 5.69 Å². The van der Waals surface area contributed by atoms with Crippen molar-refractivity contribution in [3.8, 4) is 5.69 Å². The van der Waals surface area contributed by atoms with Gasteiger partial charge in [0.05, 0.1) is 5.56 Å². The lowest BCUT2D eigenvalue weighted by Crippen LogP contribution is -2.42. The predicted octanol–water partition coefficient (Wildman–Crippen LogP) is 4.08. The Morgan fingerprint density at radius 2 is 1.86 bits per heavy atom. The molecule has 2 atom stereocenters. The van der Waals surface area contributed by atoms with E-state index in [2.05, 4.69) is 12.2 Å². The molecule has 1 heterocycles. The molecule has 0 aliphatic heterocycles. The number of ether oxygens (including phenoxy) is 1. The van der Waals surface area contributed by atoms with Gasteiger partial charge in [-0.15, -0.1) is 0 Å². The number of hydrogen-bond donors (Lipinski definition) is 1. The second kappa shape index (κ2) is 8.59. The van der Waals surface area contributed by atoms with Crippen LogP contribution in [0.1, 0.15) is 54.4 Å². The van der Waals surface area contributed by atoms with Crippen molar-refractivity contribution in [2.45, 2.75) is 52.5 Å². The summed E-state index contributed by atoms with van der Waals surface area (Å²) in [5.74, 6) is -0.667. The third kappa shape index (κ3) is 4.43. The van der Waals surface area contributed by atoms with Crippen molar-refractivity contribution in [1.29, 1.82) is 0 Å². The Balaban J connectivity index is 1.64. The molecule has 1 aromatic carbocycles. The van der Waals surface area contributed by atoms with E-state index in [9.17, 15) is 14.0 Å². The van der Waals surface area contributed by atoms with E-state index in [1.807, 2.05) is 11.5 Å². The molecule has 1 fully saturated rings. The average molecular weight is 386 g/mol. The number of amides is 1. The lowest BCUT2D eigenvalue weighted by Gasteiger charge is -2.29. The maximum atomic E-state index is 13.2. The van der Waals surface area contributed by atoms with Crippen LogP contribution in [0.15, 0.2) is 30.3 Å². The van der Waals surface area contributed by atoms with E-state index < -0.39 is 5.97 Å². The maximum Gasteiger partial charge on any atom is 0.340 e. The largest absolute Gasteiger partial charge is 0.452 e. The Morgan fingerprint density at radius 3 is 2.54 bits per heavy atom. The Hall–Kier alpha value is -2.63. The second-order valence-corrected chi connectivity index (χ2v) is 7.61. The number of carbonyl (C=O) groups is 2. The molecule has 3 rings (SSSR count). The van der Waals surface area contributed by atoms with Crippen LogP contribution in [0.3, 0.4) is 0 Å². The summed E-state index contributed by atoms with van der Waals surface area (Å²) in [6.45, 7) is 5.52. The van der Waals surface area contributed by atoms with Crippen LogP contribution in [0.4, 0.5) is 4.39 Å². The van der Waals surface area contributed by atoms with E-state index >= 15 is 0 Å². The number of aryl methyl sites for hydroxylation is 1. The van der Waals surface area contributed by atoms with Gasteiger partial charge >= 0.3 is 5.97 Å². The van der Waals surface area contributed by atoms with Crippen molar-refractivity contribution in [3.63, 3.8) is 0 Å². The van der Waals surface area contributed by atoms with Crippen LogP contribution in [0.5, 0.6) is 0 Å². The first-order valence-electron chi connectivity index (χ1n) is 9.78. The van der Waals surface area contributed by atoms with Crippen LogP contribution >= 0.6 is 0 Å². The zero-order chi connectivity index (χ0) is 20.3. The summed E-state index contributed by atoms with van der Waals surface area (Å²) in [6.07, 6.45) is 4.40. The first-order valence-corrected chi connectivity index (χ1v) is 9.78. The summed E-state index contributed by atoms with van der Waals surface area (Å²) in [6, 6.07) is 7.95. The van der Waals surface area contributed by atoms with Gasteiger partial charge in [0.1, 0.15) is 5.82 Å². The molecule has 0 bridgehead atoms. The number of esters is 1. The molecule has 2 unspecified atom stereocenters. The van der Waals surface area contributed by atoms with Gasteiger partial charge in [0.2, 0.25) is 0 Å². The molecule has 150 valence electrons. The third-order valence-electron chi connectivity index (χ3n) is 5.53. The molecule has 5 nitrogen and oxygen atoms in total. The second-order valence-electron chi connectivity index (χ2n) is 7.61. The minimum Gasteiger partial charge on any atom is -0.452 e. The van der Waals surface area contributed by atoms with Gasteiger partial charge in [0.25, 0.3) is 5.91 Å². The van der Waals surface area contributed by atoms with Gasteiger partial charge in [-0.2, -0.15) is 0 Å².